The summed E-state index contributed by atoms with van der Waals surface area (Å²) in [4.78, 5) is 4.21. The summed E-state index contributed by atoms with van der Waals surface area (Å²) in [5, 5.41) is 6.99. The molecule has 1 N–H and O–H groups in total. The Hall–Kier alpha value is -1.75. The summed E-state index contributed by atoms with van der Waals surface area (Å²) in [7, 11) is 0. The van der Waals surface area contributed by atoms with E-state index in [1.54, 1.807) is 12.1 Å². The summed E-state index contributed by atoms with van der Waals surface area (Å²) in [6.45, 7) is 3.73. The number of halogens is 1. The highest BCUT2D eigenvalue weighted by molar-refractivity contribution is 5.53. The maximum atomic E-state index is 13.0. The van der Waals surface area contributed by atoms with E-state index >= 15 is 0 Å². The highest BCUT2D eigenvalue weighted by Gasteiger charge is 2.08. The molecule has 90 valence electrons. The van der Waals surface area contributed by atoms with Crippen molar-refractivity contribution < 1.29 is 8.91 Å². The van der Waals surface area contributed by atoms with Crippen molar-refractivity contribution in [2.75, 3.05) is 13.1 Å². The third-order valence-corrected chi connectivity index (χ3v) is 2.32. The average molecular weight is 235 g/mol. The van der Waals surface area contributed by atoms with Gasteiger partial charge in [-0.2, -0.15) is 4.98 Å². The van der Waals surface area contributed by atoms with E-state index in [-0.39, 0.29) is 5.82 Å². The van der Waals surface area contributed by atoms with Crippen molar-refractivity contribution in [2.45, 2.75) is 13.3 Å². The van der Waals surface area contributed by atoms with Crippen molar-refractivity contribution in [3.63, 3.8) is 0 Å². The number of benzene rings is 1. The van der Waals surface area contributed by atoms with Gasteiger partial charge in [0, 0.05) is 18.5 Å². The summed E-state index contributed by atoms with van der Waals surface area (Å²) in [6.07, 6.45) is 0.677. The molecule has 0 aliphatic carbocycles. The third-order valence-electron chi connectivity index (χ3n) is 2.32. The molecule has 0 saturated heterocycles. The van der Waals surface area contributed by atoms with Crippen LogP contribution in [0.2, 0.25) is 0 Å². The second-order valence-corrected chi connectivity index (χ2v) is 3.63. The number of aromatic nitrogens is 2. The quantitative estimate of drug-likeness (QED) is 0.806. The minimum Gasteiger partial charge on any atom is -0.339 e. The lowest BCUT2D eigenvalue weighted by Gasteiger charge is -1.95. The van der Waals surface area contributed by atoms with Gasteiger partial charge in [-0.1, -0.05) is 24.2 Å². The first-order chi connectivity index (χ1) is 8.29. The van der Waals surface area contributed by atoms with E-state index < -0.39 is 0 Å². The molecular weight excluding hydrogens is 221 g/mol. The van der Waals surface area contributed by atoms with E-state index in [9.17, 15) is 4.39 Å². The zero-order valence-corrected chi connectivity index (χ0v) is 9.61. The molecule has 1 aromatic carbocycles. The Morgan fingerprint density at radius 3 is 3.06 bits per heavy atom. The van der Waals surface area contributed by atoms with Gasteiger partial charge in [0.05, 0.1) is 0 Å². The van der Waals surface area contributed by atoms with Crippen molar-refractivity contribution in [3.05, 3.63) is 36.0 Å². The van der Waals surface area contributed by atoms with Gasteiger partial charge in [0.15, 0.2) is 0 Å². The van der Waals surface area contributed by atoms with Crippen molar-refractivity contribution in [1.82, 2.24) is 15.5 Å². The normalized spacial score (nSPS) is 10.7. The van der Waals surface area contributed by atoms with Crippen molar-refractivity contribution >= 4 is 0 Å². The molecule has 1 aromatic heterocycles. The van der Waals surface area contributed by atoms with Crippen LogP contribution in [0.15, 0.2) is 28.8 Å². The summed E-state index contributed by atoms with van der Waals surface area (Å²) in [5.41, 5.74) is 0.628. The molecule has 0 saturated carbocycles. The molecule has 2 aromatic rings. The number of hydrogen-bond donors (Lipinski definition) is 1. The van der Waals surface area contributed by atoms with Crippen LogP contribution in [0.1, 0.15) is 12.8 Å². The van der Waals surface area contributed by atoms with Gasteiger partial charge in [-0.3, -0.25) is 0 Å². The van der Waals surface area contributed by atoms with Gasteiger partial charge in [-0.05, 0) is 18.7 Å². The molecule has 17 heavy (non-hydrogen) atoms. The molecule has 0 unspecified atom stereocenters. The highest BCUT2D eigenvalue weighted by Crippen LogP contribution is 2.16. The van der Waals surface area contributed by atoms with E-state index in [2.05, 4.69) is 15.5 Å². The summed E-state index contributed by atoms with van der Waals surface area (Å²) in [5.74, 6) is 0.683. The minimum atomic E-state index is -0.304. The molecule has 4 nitrogen and oxygen atoms in total. The first kappa shape index (κ1) is 11.7. The van der Waals surface area contributed by atoms with E-state index in [1.807, 2.05) is 6.92 Å². The second-order valence-electron chi connectivity index (χ2n) is 3.63. The summed E-state index contributed by atoms with van der Waals surface area (Å²) < 4.78 is 18.1. The zero-order valence-electron chi connectivity index (χ0n) is 9.61. The molecule has 0 aliphatic heterocycles. The van der Waals surface area contributed by atoms with Gasteiger partial charge in [-0.15, -0.1) is 0 Å². The average Bonchev–Trinajstić information content (AvgIpc) is 2.78. The number of hydrogen-bond acceptors (Lipinski definition) is 4. The lowest BCUT2D eigenvalue weighted by atomic mass is 10.2. The van der Waals surface area contributed by atoms with Crippen LogP contribution in [0, 0.1) is 5.82 Å². The fourth-order valence-electron chi connectivity index (χ4n) is 1.47. The predicted octanol–water partition coefficient (Wildman–Crippen LogP) is 2.03. The van der Waals surface area contributed by atoms with Crippen LogP contribution in [0.25, 0.3) is 11.4 Å². The van der Waals surface area contributed by atoms with E-state index in [0.29, 0.717) is 23.7 Å². The zero-order chi connectivity index (χ0) is 12.1. The monoisotopic (exact) mass is 235 g/mol. The standard InChI is InChI=1S/C12H14FN3O/c1-2-14-7-6-11-15-12(16-17-11)9-4-3-5-10(13)8-9/h3-5,8,14H,2,6-7H2,1H3. The first-order valence-electron chi connectivity index (χ1n) is 5.59. The summed E-state index contributed by atoms with van der Waals surface area (Å²) in [6, 6.07) is 6.15. The molecule has 5 heteroatoms. The minimum absolute atomic E-state index is 0.304. The molecule has 0 amide bonds. The summed E-state index contributed by atoms with van der Waals surface area (Å²) >= 11 is 0. The lowest BCUT2D eigenvalue weighted by Crippen LogP contribution is -2.16. The Morgan fingerprint density at radius 2 is 2.29 bits per heavy atom. The van der Waals surface area contributed by atoms with E-state index in [1.165, 1.54) is 12.1 Å². The lowest BCUT2D eigenvalue weighted by molar-refractivity contribution is 0.377. The molecule has 0 spiro atoms. The highest BCUT2D eigenvalue weighted by atomic mass is 19.1. The van der Waals surface area contributed by atoms with Crippen LogP contribution >= 0.6 is 0 Å². The van der Waals surface area contributed by atoms with E-state index in [0.717, 1.165) is 13.1 Å². The maximum absolute atomic E-state index is 13.0. The van der Waals surface area contributed by atoms with Crippen LogP contribution < -0.4 is 5.32 Å². The van der Waals surface area contributed by atoms with Crippen LogP contribution in [-0.2, 0) is 6.42 Å². The second kappa shape index (κ2) is 5.54. The van der Waals surface area contributed by atoms with Gasteiger partial charge in [0.2, 0.25) is 11.7 Å². The Balaban J connectivity index is 2.07. The number of nitrogens with one attached hydrogen (secondary N) is 1. The SMILES string of the molecule is CCNCCc1nc(-c2cccc(F)c2)no1. The molecule has 0 fully saturated rings. The molecular formula is C12H14FN3O. The first-order valence-corrected chi connectivity index (χ1v) is 5.59. The Morgan fingerprint density at radius 1 is 1.41 bits per heavy atom. The van der Waals surface area contributed by atoms with Crippen LogP contribution in [-0.4, -0.2) is 23.2 Å². The van der Waals surface area contributed by atoms with Crippen LogP contribution in [0.4, 0.5) is 4.39 Å². The largest absolute Gasteiger partial charge is 0.339 e. The topological polar surface area (TPSA) is 51.0 Å². The number of rotatable bonds is 5. The van der Waals surface area contributed by atoms with Crippen LogP contribution in [0.5, 0.6) is 0 Å². The fourth-order valence-corrected chi connectivity index (χ4v) is 1.47. The molecule has 0 bridgehead atoms. The molecule has 2 rings (SSSR count). The van der Waals surface area contributed by atoms with Gasteiger partial charge >= 0.3 is 0 Å². The van der Waals surface area contributed by atoms with Gasteiger partial charge < -0.3 is 9.84 Å². The fraction of sp³-hybridized carbons (Fsp3) is 0.333. The van der Waals surface area contributed by atoms with Crippen LogP contribution in [0.3, 0.4) is 0 Å². The number of nitrogens with zero attached hydrogens (tertiary/aromatic N) is 2. The molecule has 1 heterocycles. The molecule has 0 radical (unpaired) electrons. The van der Waals surface area contributed by atoms with E-state index in [4.69, 9.17) is 4.52 Å². The van der Waals surface area contributed by atoms with Crippen molar-refractivity contribution in [1.29, 1.82) is 0 Å². The third kappa shape index (κ3) is 3.10. The molecule has 0 atom stereocenters. The Kier molecular flexibility index (Phi) is 3.82. The van der Waals surface area contributed by atoms with Gasteiger partial charge in [-0.25, -0.2) is 4.39 Å². The number of likely N-dealkylation sites (N-methyl/N-ethyl adjacent to an activating group) is 1. The predicted molar refractivity (Wildman–Crippen MR) is 61.9 cm³/mol. The Bertz CT molecular complexity index is 484. The Labute approximate surface area is 98.8 Å². The van der Waals surface area contributed by atoms with Gasteiger partial charge in [0.1, 0.15) is 5.82 Å². The molecule has 0 aliphatic rings. The van der Waals surface area contributed by atoms with Gasteiger partial charge in [0.25, 0.3) is 0 Å². The maximum Gasteiger partial charge on any atom is 0.228 e. The van der Waals surface area contributed by atoms with Crippen molar-refractivity contribution in [3.8, 4) is 11.4 Å². The smallest absolute Gasteiger partial charge is 0.228 e. The van der Waals surface area contributed by atoms with Crippen molar-refractivity contribution in [2.24, 2.45) is 0 Å².